The molecule has 17 nitrogen and oxygen atoms in total. The molecule has 0 saturated heterocycles. The summed E-state index contributed by atoms with van der Waals surface area (Å²) < 4.78 is 68.8. The van der Waals surface area contributed by atoms with E-state index in [4.69, 9.17) is 37.0 Å². The normalized spacial score (nSPS) is 14.2. The van der Waals surface area contributed by atoms with Gasteiger partial charge in [0, 0.05) is 25.7 Å². The molecule has 0 aromatic rings. The first-order chi connectivity index (χ1) is 48.8. The Morgan fingerprint density at radius 2 is 0.505 bits per heavy atom. The SMILES string of the molecule is CCCCCCCCCCCCCCCCCC(=O)O[C@H](COC(=O)CCCCCCCCC(C)CC)COP(=O)(O)OC[C@H](O)COP(=O)(O)OC[C@@H](COC(=O)CCCCCCCCCCCCCCCCC(C)C)OC(=O)CCCCCCCCCCCCCCCCCCC(C)C. The van der Waals surface area contributed by atoms with Crippen LogP contribution in [0.25, 0.3) is 0 Å². The Morgan fingerprint density at radius 1 is 0.287 bits per heavy atom. The molecular weight excluding hydrogens is 1320 g/mol. The zero-order valence-electron chi connectivity index (χ0n) is 66.4. The van der Waals surface area contributed by atoms with Crippen LogP contribution < -0.4 is 0 Å². The van der Waals surface area contributed by atoms with Gasteiger partial charge in [-0.2, -0.15) is 0 Å². The molecule has 0 bridgehead atoms. The third kappa shape index (κ3) is 74.7. The summed E-state index contributed by atoms with van der Waals surface area (Å²) >= 11 is 0. The fraction of sp³-hybridized carbons (Fsp3) is 0.951. The molecule has 6 atom stereocenters. The molecule has 0 spiro atoms. The Balaban J connectivity index is 5.25. The van der Waals surface area contributed by atoms with Crippen molar-refractivity contribution in [2.75, 3.05) is 39.6 Å². The van der Waals surface area contributed by atoms with E-state index in [-0.39, 0.29) is 25.7 Å². The maximum absolute atomic E-state index is 13.1. The summed E-state index contributed by atoms with van der Waals surface area (Å²) in [7, 11) is -9.92. The van der Waals surface area contributed by atoms with Gasteiger partial charge in [-0.3, -0.25) is 37.3 Å². The first-order valence-corrected chi connectivity index (χ1v) is 45.4. The van der Waals surface area contributed by atoms with Gasteiger partial charge < -0.3 is 33.8 Å². The van der Waals surface area contributed by atoms with Gasteiger partial charge in [-0.05, 0) is 43.4 Å². The van der Waals surface area contributed by atoms with E-state index in [1.54, 1.807) is 0 Å². The van der Waals surface area contributed by atoms with Crippen LogP contribution in [0.1, 0.15) is 427 Å². The van der Waals surface area contributed by atoms with Gasteiger partial charge in [0.15, 0.2) is 12.2 Å². The van der Waals surface area contributed by atoms with Crippen molar-refractivity contribution in [2.45, 2.75) is 446 Å². The number of phosphoric ester groups is 2. The predicted octanol–water partition coefficient (Wildman–Crippen LogP) is 24.5. The molecule has 0 aromatic carbocycles. The van der Waals surface area contributed by atoms with E-state index in [9.17, 15) is 43.2 Å². The van der Waals surface area contributed by atoms with Crippen molar-refractivity contribution in [3.63, 3.8) is 0 Å². The third-order valence-electron chi connectivity index (χ3n) is 19.5. The van der Waals surface area contributed by atoms with Gasteiger partial charge in [0.05, 0.1) is 26.4 Å². The van der Waals surface area contributed by atoms with Gasteiger partial charge in [-0.15, -0.1) is 0 Å². The van der Waals surface area contributed by atoms with E-state index < -0.39 is 97.5 Å². The van der Waals surface area contributed by atoms with Crippen LogP contribution in [0.5, 0.6) is 0 Å². The van der Waals surface area contributed by atoms with Crippen molar-refractivity contribution in [2.24, 2.45) is 17.8 Å². The highest BCUT2D eigenvalue weighted by molar-refractivity contribution is 7.47. The molecule has 0 aliphatic rings. The largest absolute Gasteiger partial charge is 0.472 e. The summed E-state index contributed by atoms with van der Waals surface area (Å²) in [6, 6.07) is 0. The average molecular weight is 1480 g/mol. The van der Waals surface area contributed by atoms with E-state index in [1.807, 2.05) is 0 Å². The molecule has 0 radical (unpaired) electrons. The summed E-state index contributed by atoms with van der Waals surface area (Å²) in [5.74, 6) is 0.230. The summed E-state index contributed by atoms with van der Waals surface area (Å²) in [4.78, 5) is 73.1. The van der Waals surface area contributed by atoms with Crippen LogP contribution in [0.15, 0.2) is 0 Å². The summed E-state index contributed by atoms with van der Waals surface area (Å²) in [6.07, 6.45) is 61.0. The molecule has 0 aliphatic heterocycles. The van der Waals surface area contributed by atoms with Crippen LogP contribution in [0, 0.1) is 17.8 Å². The molecule has 0 amide bonds. The van der Waals surface area contributed by atoms with E-state index in [2.05, 4.69) is 48.5 Å². The average Bonchev–Trinajstić information content (AvgIpc) is 0.916. The predicted molar refractivity (Wildman–Crippen MR) is 414 cm³/mol. The van der Waals surface area contributed by atoms with E-state index in [0.29, 0.717) is 25.7 Å². The number of hydrogen-bond acceptors (Lipinski definition) is 15. The summed E-state index contributed by atoms with van der Waals surface area (Å²) in [5, 5.41) is 10.6. The molecule has 3 N–H and O–H groups in total. The zero-order valence-corrected chi connectivity index (χ0v) is 68.2. The van der Waals surface area contributed by atoms with Crippen molar-refractivity contribution in [3.05, 3.63) is 0 Å². The molecule has 19 heteroatoms. The van der Waals surface area contributed by atoms with Crippen LogP contribution in [0.4, 0.5) is 0 Å². The number of rotatable bonds is 80. The molecular formula is C82H160O17P2. The molecule has 3 unspecified atom stereocenters. The quantitative estimate of drug-likeness (QED) is 0.0222. The number of esters is 4. The number of carbonyl (C=O) groups excluding carboxylic acids is 4. The second-order valence-corrected chi connectivity index (χ2v) is 33.6. The number of aliphatic hydroxyl groups is 1. The Kier molecular flexibility index (Phi) is 70.9. The van der Waals surface area contributed by atoms with E-state index in [0.717, 1.165) is 114 Å². The number of ether oxygens (including phenoxy) is 4. The minimum absolute atomic E-state index is 0.107. The van der Waals surface area contributed by atoms with Crippen LogP contribution in [0.2, 0.25) is 0 Å². The lowest BCUT2D eigenvalue weighted by Gasteiger charge is -2.21. The Labute approximate surface area is 619 Å². The second-order valence-electron chi connectivity index (χ2n) is 30.7. The molecule has 0 saturated carbocycles. The molecule has 0 aliphatic carbocycles. The van der Waals surface area contributed by atoms with E-state index in [1.165, 1.54) is 231 Å². The molecule has 0 rings (SSSR count). The maximum Gasteiger partial charge on any atom is 0.472 e. The van der Waals surface area contributed by atoms with Crippen molar-refractivity contribution >= 4 is 39.5 Å². The van der Waals surface area contributed by atoms with Crippen molar-refractivity contribution < 1.29 is 80.2 Å². The summed E-state index contributed by atoms with van der Waals surface area (Å²) in [5.41, 5.74) is 0. The number of aliphatic hydroxyl groups excluding tert-OH is 1. The van der Waals surface area contributed by atoms with Gasteiger partial charge in [0.2, 0.25) is 0 Å². The van der Waals surface area contributed by atoms with Gasteiger partial charge in [-0.25, -0.2) is 9.13 Å². The Hall–Kier alpha value is -1.94. The first kappa shape index (κ1) is 99.1. The number of carbonyl (C=O) groups is 4. The number of hydrogen-bond donors (Lipinski definition) is 3. The molecule has 101 heavy (non-hydrogen) atoms. The molecule has 0 aromatic heterocycles. The number of phosphoric acid groups is 2. The standard InChI is InChI=1S/C82H160O17P2/c1-8-10-11-12-13-14-15-16-19-27-32-37-42-51-58-66-82(87)99-78(70-93-80(85)64-57-50-45-44-48-55-62-75(7)9-2)72-97-101(90,91)95-68-76(83)67-94-100(88,89)96-71-77(69-92-79(84)63-56-49-41-36-31-26-23-22-25-30-35-40-47-54-61-74(5)6)98-81(86)65-59-52-43-38-33-28-21-18-17-20-24-29-34-39-46-53-60-73(3)4/h73-78,83H,8-72H2,1-7H3,(H,88,89)(H,90,91)/t75?,76-,77-,78-/m1/s1. The van der Waals surface area contributed by atoms with Crippen molar-refractivity contribution in [3.8, 4) is 0 Å². The lowest BCUT2D eigenvalue weighted by molar-refractivity contribution is -0.161. The second kappa shape index (κ2) is 72.3. The molecule has 0 heterocycles. The smallest absolute Gasteiger partial charge is 0.462 e. The minimum atomic E-state index is -4.96. The molecule has 0 fully saturated rings. The zero-order chi connectivity index (χ0) is 74.4. The van der Waals surface area contributed by atoms with Crippen LogP contribution in [0.3, 0.4) is 0 Å². The van der Waals surface area contributed by atoms with E-state index >= 15 is 0 Å². The highest BCUT2D eigenvalue weighted by atomic mass is 31.2. The topological polar surface area (TPSA) is 237 Å². The van der Waals surface area contributed by atoms with Gasteiger partial charge in [0.25, 0.3) is 0 Å². The fourth-order valence-corrected chi connectivity index (χ4v) is 14.2. The minimum Gasteiger partial charge on any atom is -0.462 e. The monoisotopic (exact) mass is 1480 g/mol. The molecule has 600 valence electrons. The fourth-order valence-electron chi connectivity index (χ4n) is 12.6. The Bertz CT molecular complexity index is 1960. The Morgan fingerprint density at radius 3 is 0.752 bits per heavy atom. The van der Waals surface area contributed by atoms with Gasteiger partial charge >= 0.3 is 39.5 Å². The van der Waals surface area contributed by atoms with Crippen molar-refractivity contribution in [1.82, 2.24) is 0 Å². The van der Waals surface area contributed by atoms with Crippen LogP contribution in [-0.2, 0) is 65.4 Å². The number of unbranched alkanes of at least 4 members (excludes halogenated alkanes) is 47. The maximum atomic E-state index is 13.1. The van der Waals surface area contributed by atoms with Crippen LogP contribution in [-0.4, -0.2) is 96.7 Å². The van der Waals surface area contributed by atoms with Gasteiger partial charge in [-0.1, -0.05) is 376 Å². The van der Waals surface area contributed by atoms with Crippen molar-refractivity contribution in [1.29, 1.82) is 0 Å². The van der Waals surface area contributed by atoms with Crippen LogP contribution >= 0.6 is 15.6 Å². The highest BCUT2D eigenvalue weighted by Gasteiger charge is 2.30. The lowest BCUT2D eigenvalue weighted by Crippen LogP contribution is -2.30. The first-order valence-electron chi connectivity index (χ1n) is 42.4. The lowest BCUT2D eigenvalue weighted by atomic mass is 10.00. The summed E-state index contributed by atoms with van der Waals surface area (Å²) in [6.45, 7) is 12.0. The third-order valence-corrected chi connectivity index (χ3v) is 21.4. The van der Waals surface area contributed by atoms with Gasteiger partial charge in [0.1, 0.15) is 19.3 Å². The highest BCUT2D eigenvalue weighted by Crippen LogP contribution is 2.45.